The normalized spacial score (nSPS) is 22.2. The average molecular weight is 343 g/mol. The highest BCUT2D eigenvalue weighted by molar-refractivity contribution is 5.86. The summed E-state index contributed by atoms with van der Waals surface area (Å²) in [6, 6.07) is 7.64. The largest absolute Gasteiger partial charge is 0.356 e. The minimum Gasteiger partial charge on any atom is -0.356 e. The first-order chi connectivity index (χ1) is 11.8. The number of piperidine rings is 1. The van der Waals surface area contributed by atoms with Crippen molar-refractivity contribution in [2.24, 2.45) is 11.8 Å². The van der Waals surface area contributed by atoms with E-state index in [-0.39, 0.29) is 17.9 Å². The Morgan fingerprint density at radius 3 is 2.68 bits per heavy atom. The van der Waals surface area contributed by atoms with E-state index in [0.29, 0.717) is 24.1 Å². The van der Waals surface area contributed by atoms with Crippen molar-refractivity contribution in [1.29, 1.82) is 0 Å². The topological polar surface area (TPSA) is 58.4 Å². The lowest BCUT2D eigenvalue weighted by atomic mass is 9.88. The van der Waals surface area contributed by atoms with Gasteiger partial charge in [0.05, 0.1) is 6.42 Å². The molecule has 5 nitrogen and oxygen atoms in total. The van der Waals surface area contributed by atoms with Crippen LogP contribution in [0, 0.1) is 11.8 Å². The van der Waals surface area contributed by atoms with Crippen molar-refractivity contribution in [2.75, 3.05) is 19.6 Å². The molecule has 136 valence electrons. The van der Waals surface area contributed by atoms with Crippen LogP contribution in [0.15, 0.2) is 28.8 Å². The van der Waals surface area contributed by atoms with E-state index in [1.54, 1.807) is 0 Å². The number of aromatic nitrogens is 1. The second kappa shape index (κ2) is 7.16. The molecule has 1 saturated heterocycles. The summed E-state index contributed by atoms with van der Waals surface area (Å²) in [5.41, 5.74) is 1.37. The van der Waals surface area contributed by atoms with Crippen LogP contribution in [-0.2, 0) is 11.2 Å². The van der Waals surface area contributed by atoms with Crippen molar-refractivity contribution >= 4 is 16.9 Å². The summed E-state index contributed by atoms with van der Waals surface area (Å²) in [7, 11) is 0. The van der Waals surface area contributed by atoms with Crippen molar-refractivity contribution in [3.05, 3.63) is 30.0 Å². The second-order valence-electron chi connectivity index (χ2n) is 8.24. The van der Waals surface area contributed by atoms with Crippen LogP contribution < -0.4 is 5.32 Å². The van der Waals surface area contributed by atoms with Gasteiger partial charge in [0.25, 0.3) is 0 Å². The van der Waals surface area contributed by atoms with Crippen molar-refractivity contribution in [1.82, 2.24) is 15.4 Å². The monoisotopic (exact) mass is 343 g/mol. The highest BCUT2D eigenvalue weighted by Gasteiger charge is 2.32. The number of carbonyl (C=O) groups is 1. The number of likely N-dealkylation sites (tertiary alicyclic amines) is 1. The van der Waals surface area contributed by atoms with Gasteiger partial charge in [-0.25, -0.2) is 0 Å². The van der Waals surface area contributed by atoms with Gasteiger partial charge in [0.1, 0.15) is 5.69 Å². The van der Waals surface area contributed by atoms with Crippen molar-refractivity contribution in [2.45, 2.75) is 46.1 Å². The number of para-hydroxylation sites is 1. The van der Waals surface area contributed by atoms with Gasteiger partial charge in [-0.3, -0.25) is 9.69 Å². The Labute approximate surface area is 149 Å². The Kier molecular flexibility index (Phi) is 5.13. The zero-order valence-electron chi connectivity index (χ0n) is 15.7. The van der Waals surface area contributed by atoms with Crippen molar-refractivity contribution in [3.8, 4) is 0 Å². The van der Waals surface area contributed by atoms with Gasteiger partial charge in [-0.1, -0.05) is 31.1 Å². The van der Waals surface area contributed by atoms with E-state index in [2.05, 4.69) is 43.1 Å². The Balaban J connectivity index is 1.58. The first kappa shape index (κ1) is 17.9. The third-order valence-electron chi connectivity index (χ3n) is 5.22. The minimum atomic E-state index is -0.0511. The summed E-state index contributed by atoms with van der Waals surface area (Å²) in [6.07, 6.45) is 1.54. The Bertz CT molecular complexity index is 727. The average Bonchev–Trinajstić information content (AvgIpc) is 2.95. The fraction of sp³-hybridized carbons (Fsp3) is 0.600. The van der Waals surface area contributed by atoms with Gasteiger partial charge in [0.2, 0.25) is 5.91 Å². The summed E-state index contributed by atoms with van der Waals surface area (Å²) < 4.78 is 5.28. The number of nitrogens with one attached hydrogen (secondary N) is 1. The molecule has 0 spiro atoms. The second-order valence-corrected chi connectivity index (χ2v) is 8.24. The molecule has 1 aliphatic rings. The zero-order valence-corrected chi connectivity index (χ0v) is 15.7. The fourth-order valence-corrected chi connectivity index (χ4v) is 3.86. The van der Waals surface area contributed by atoms with Crippen molar-refractivity contribution in [3.63, 3.8) is 0 Å². The molecule has 2 heterocycles. The highest BCUT2D eigenvalue weighted by atomic mass is 16.5. The van der Waals surface area contributed by atoms with Crippen LogP contribution in [0.3, 0.4) is 0 Å². The number of hydrogen-bond acceptors (Lipinski definition) is 4. The third-order valence-corrected chi connectivity index (χ3v) is 5.22. The number of carbonyl (C=O) groups excluding carboxylic acids is 1. The number of nitrogens with zero attached hydrogens (tertiary/aromatic N) is 2. The maximum absolute atomic E-state index is 12.4. The van der Waals surface area contributed by atoms with Gasteiger partial charge in [0, 0.05) is 30.6 Å². The lowest BCUT2D eigenvalue weighted by molar-refractivity contribution is -0.121. The molecular formula is C20H29N3O2. The molecule has 2 aromatic rings. The van der Waals surface area contributed by atoms with Crippen LogP contribution in [0.4, 0.5) is 0 Å². The molecule has 1 fully saturated rings. The highest BCUT2D eigenvalue weighted by Crippen LogP contribution is 2.27. The van der Waals surface area contributed by atoms with E-state index in [1.165, 1.54) is 6.42 Å². The van der Waals surface area contributed by atoms with Crippen LogP contribution in [0.1, 0.15) is 39.8 Å². The molecule has 0 radical (unpaired) electrons. The molecule has 0 unspecified atom stereocenters. The lowest BCUT2D eigenvalue weighted by Crippen LogP contribution is -2.56. The Hall–Kier alpha value is -1.88. The predicted octanol–water partition coefficient (Wildman–Crippen LogP) is 3.24. The maximum Gasteiger partial charge on any atom is 0.226 e. The SMILES string of the molecule is C[C@@H]1C[C@H](C)CN(C(C)(C)CNC(=O)Cc2noc3ccccc23)C1. The Morgan fingerprint density at radius 2 is 1.96 bits per heavy atom. The first-order valence-electron chi connectivity index (χ1n) is 9.20. The summed E-state index contributed by atoms with van der Waals surface area (Å²) in [5, 5.41) is 8.05. The van der Waals surface area contributed by atoms with E-state index in [4.69, 9.17) is 4.52 Å². The zero-order chi connectivity index (χ0) is 18.0. The minimum absolute atomic E-state index is 0.00904. The summed E-state index contributed by atoms with van der Waals surface area (Å²) in [6.45, 7) is 11.9. The standard InChI is InChI=1S/C20H29N3O2/c1-14-9-15(2)12-23(11-14)20(3,4)13-21-19(24)10-17-16-7-5-6-8-18(16)25-22-17/h5-8,14-15H,9-13H2,1-4H3,(H,21,24)/t14-,15+. The molecule has 1 amide bonds. The van der Waals surface area contributed by atoms with Gasteiger partial charge in [-0.05, 0) is 44.2 Å². The molecule has 1 aromatic carbocycles. The van der Waals surface area contributed by atoms with Crippen LogP contribution in [0.2, 0.25) is 0 Å². The first-order valence-corrected chi connectivity index (χ1v) is 9.20. The molecule has 1 N–H and O–H groups in total. The van der Waals surface area contributed by atoms with Gasteiger partial charge in [-0.2, -0.15) is 0 Å². The number of benzene rings is 1. The van der Waals surface area contributed by atoms with Crippen LogP contribution in [-0.4, -0.2) is 41.1 Å². The third kappa shape index (κ3) is 4.21. The van der Waals surface area contributed by atoms with Crippen LogP contribution >= 0.6 is 0 Å². The molecule has 1 aromatic heterocycles. The number of amides is 1. The molecule has 5 heteroatoms. The van der Waals surface area contributed by atoms with E-state index < -0.39 is 0 Å². The van der Waals surface area contributed by atoms with Gasteiger partial charge in [-0.15, -0.1) is 0 Å². The van der Waals surface area contributed by atoms with Crippen LogP contribution in [0.25, 0.3) is 11.0 Å². The smallest absolute Gasteiger partial charge is 0.226 e. The molecule has 3 rings (SSSR count). The molecule has 1 aliphatic heterocycles. The Morgan fingerprint density at radius 1 is 1.28 bits per heavy atom. The summed E-state index contributed by atoms with van der Waals surface area (Å²) in [5.74, 6) is 1.41. The van der Waals surface area contributed by atoms with E-state index in [1.807, 2.05) is 24.3 Å². The van der Waals surface area contributed by atoms with Gasteiger partial charge < -0.3 is 9.84 Å². The summed E-state index contributed by atoms with van der Waals surface area (Å²) >= 11 is 0. The predicted molar refractivity (Wildman–Crippen MR) is 99.3 cm³/mol. The number of rotatable bonds is 5. The van der Waals surface area contributed by atoms with Gasteiger partial charge in [0.15, 0.2) is 5.58 Å². The molecular weight excluding hydrogens is 314 g/mol. The fourth-order valence-electron chi connectivity index (χ4n) is 3.86. The molecule has 0 saturated carbocycles. The van der Waals surface area contributed by atoms with Crippen molar-refractivity contribution < 1.29 is 9.32 Å². The molecule has 2 atom stereocenters. The van der Waals surface area contributed by atoms with E-state index >= 15 is 0 Å². The number of fused-ring (bicyclic) bond motifs is 1. The van der Waals surface area contributed by atoms with Gasteiger partial charge >= 0.3 is 0 Å². The lowest BCUT2D eigenvalue weighted by Gasteiger charge is -2.45. The van der Waals surface area contributed by atoms with E-state index in [0.717, 1.165) is 24.1 Å². The molecule has 25 heavy (non-hydrogen) atoms. The summed E-state index contributed by atoms with van der Waals surface area (Å²) in [4.78, 5) is 14.9. The quantitative estimate of drug-likeness (QED) is 0.905. The number of hydrogen-bond donors (Lipinski definition) is 1. The van der Waals surface area contributed by atoms with E-state index in [9.17, 15) is 4.79 Å². The maximum atomic E-state index is 12.4. The molecule has 0 bridgehead atoms. The van der Waals surface area contributed by atoms with Crippen LogP contribution in [0.5, 0.6) is 0 Å². The molecule has 0 aliphatic carbocycles.